The summed E-state index contributed by atoms with van der Waals surface area (Å²) in [5, 5.41) is 0. The fraction of sp³-hybridized carbons (Fsp3) is 1.00. The molecule has 0 unspecified atom stereocenters. The normalized spacial score (nSPS) is 13.3. The molecule has 0 radical (unpaired) electrons. The van der Waals surface area contributed by atoms with Crippen molar-refractivity contribution in [1.82, 2.24) is 0 Å². The molecular formula is C40H86O10P2. The number of phosphoric ester groups is 2. The molecule has 0 bridgehead atoms. The largest absolute Gasteiger partial charge is 0.469 e. The molecule has 0 saturated carbocycles. The first-order valence-electron chi connectivity index (χ1n) is 20.5. The molecule has 0 rings (SSSR count). The second kappa shape index (κ2) is 29.4. The van der Waals surface area contributed by atoms with Crippen LogP contribution >= 0.6 is 15.6 Å². The van der Waals surface area contributed by atoms with Crippen molar-refractivity contribution in [3.63, 3.8) is 0 Å². The highest BCUT2D eigenvalue weighted by Gasteiger charge is 2.20. The highest BCUT2D eigenvalue weighted by atomic mass is 31.2. The monoisotopic (exact) mass is 789 g/mol. The Balaban J connectivity index is 0. The minimum Gasteiger partial charge on any atom is -0.381 e. The molecule has 0 amide bonds. The number of hydrogen-bond donors (Lipinski definition) is 4. The molecule has 0 heterocycles. The van der Waals surface area contributed by atoms with Crippen LogP contribution in [0.3, 0.4) is 0 Å². The van der Waals surface area contributed by atoms with Crippen LogP contribution in [0.2, 0.25) is 0 Å². The zero-order valence-electron chi connectivity index (χ0n) is 35.5. The van der Waals surface area contributed by atoms with Crippen molar-refractivity contribution in [2.24, 2.45) is 21.7 Å². The predicted octanol–water partition coefficient (Wildman–Crippen LogP) is 12.2. The molecule has 0 aliphatic rings. The van der Waals surface area contributed by atoms with Crippen molar-refractivity contribution in [2.45, 2.75) is 198 Å². The van der Waals surface area contributed by atoms with Gasteiger partial charge in [0.1, 0.15) is 0 Å². The molecule has 0 aromatic rings. The van der Waals surface area contributed by atoms with Crippen molar-refractivity contribution in [1.29, 1.82) is 0 Å². The molecule has 0 aliphatic heterocycles. The highest BCUT2D eigenvalue weighted by molar-refractivity contribution is 7.46. The van der Waals surface area contributed by atoms with E-state index < -0.39 is 15.6 Å². The van der Waals surface area contributed by atoms with Crippen molar-refractivity contribution in [3.8, 4) is 0 Å². The van der Waals surface area contributed by atoms with Gasteiger partial charge in [-0.25, -0.2) is 9.13 Å². The average Bonchev–Trinajstić information content (AvgIpc) is 3.00. The van der Waals surface area contributed by atoms with Gasteiger partial charge in [-0.05, 0) is 105 Å². The van der Waals surface area contributed by atoms with E-state index in [0.717, 1.165) is 97.1 Å². The Bertz CT molecular complexity index is 927. The topological polar surface area (TPSA) is 152 Å². The third kappa shape index (κ3) is 41.3. The van der Waals surface area contributed by atoms with Crippen LogP contribution in [-0.2, 0) is 27.7 Å². The van der Waals surface area contributed by atoms with Crippen molar-refractivity contribution in [2.75, 3.05) is 39.6 Å². The summed E-state index contributed by atoms with van der Waals surface area (Å²) in [6.07, 6.45) is 22.1. The summed E-state index contributed by atoms with van der Waals surface area (Å²) >= 11 is 0. The zero-order valence-corrected chi connectivity index (χ0v) is 37.3. The maximum absolute atomic E-state index is 10.6. The van der Waals surface area contributed by atoms with Crippen molar-refractivity contribution in [3.05, 3.63) is 0 Å². The van der Waals surface area contributed by atoms with E-state index >= 15 is 0 Å². The maximum Gasteiger partial charge on any atom is 0.469 e. The van der Waals surface area contributed by atoms with Crippen LogP contribution in [0.1, 0.15) is 198 Å². The molecule has 0 aromatic heterocycles. The first-order chi connectivity index (χ1) is 23.9. The third-order valence-corrected chi connectivity index (χ3v) is 11.3. The lowest BCUT2D eigenvalue weighted by molar-refractivity contribution is 0.119. The van der Waals surface area contributed by atoms with Gasteiger partial charge in [0, 0.05) is 26.4 Å². The molecule has 52 heavy (non-hydrogen) atoms. The van der Waals surface area contributed by atoms with Gasteiger partial charge in [0.2, 0.25) is 0 Å². The van der Waals surface area contributed by atoms with Gasteiger partial charge in [-0.15, -0.1) is 0 Å². The Kier molecular flexibility index (Phi) is 30.7. The summed E-state index contributed by atoms with van der Waals surface area (Å²) < 4.78 is 41.7. The molecular weight excluding hydrogens is 702 g/mol. The minimum absolute atomic E-state index is 0.117. The van der Waals surface area contributed by atoms with E-state index in [-0.39, 0.29) is 24.0 Å². The van der Waals surface area contributed by atoms with Crippen LogP contribution in [-0.4, -0.2) is 59.2 Å². The first kappa shape index (κ1) is 54.2. The van der Waals surface area contributed by atoms with Crippen LogP contribution in [0.5, 0.6) is 0 Å². The SMILES string of the molecule is CCC(C)(C)CCCCOCCCCC(C)(C)CCCCOP(=O)(O)O.CCCC(C)(C)CCCCOCCCCC(C)(C)CCCOP(=O)(O)O. The second-order valence-electron chi connectivity index (χ2n) is 18.0. The van der Waals surface area contributed by atoms with Crippen LogP contribution < -0.4 is 0 Å². The smallest absolute Gasteiger partial charge is 0.381 e. The van der Waals surface area contributed by atoms with E-state index in [1.165, 1.54) is 44.9 Å². The number of ether oxygens (including phenoxy) is 2. The Morgan fingerprint density at radius 3 is 0.962 bits per heavy atom. The van der Waals surface area contributed by atoms with Crippen LogP contribution in [0.4, 0.5) is 0 Å². The average molecular weight is 789 g/mol. The van der Waals surface area contributed by atoms with Gasteiger partial charge in [-0.3, -0.25) is 9.05 Å². The van der Waals surface area contributed by atoms with Crippen molar-refractivity contribution < 1.29 is 47.2 Å². The van der Waals surface area contributed by atoms with Gasteiger partial charge in [0.15, 0.2) is 0 Å². The van der Waals surface area contributed by atoms with Gasteiger partial charge in [-0.1, -0.05) is 114 Å². The summed E-state index contributed by atoms with van der Waals surface area (Å²) in [5.74, 6) is 0. The summed E-state index contributed by atoms with van der Waals surface area (Å²) in [5.41, 5.74) is 1.36. The number of rotatable bonds is 34. The molecule has 4 N–H and O–H groups in total. The zero-order chi connectivity index (χ0) is 40.2. The predicted molar refractivity (Wildman–Crippen MR) is 216 cm³/mol. The molecule has 10 nitrogen and oxygen atoms in total. The summed E-state index contributed by atoms with van der Waals surface area (Å²) in [6, 6.07) is 0. The van der Waals surface area contributed by atoms with Gasteiger partial charge < -0.3 is 29.0 Å². The standard InChI is InChI=1S/2C20H43O5P/c1-6-19(2,3)13-7-10-16-24-17-11-8-14-20(4,5)15-9-12-18-25-26(21,22)23;1-6-12-19(2,3)13-7-9-16-24-17-10-8-14-20(4,5)15-11-18-25-26(21,22)23/h2*6-18H2,1-5H3,(H2,21,22,23). The number of unbranched alkanes of at least 4 members (excludes halogenated alkanes) is 5. The Hall–Kier alpha value is 0.140. The van der Waals surface area contributed by atoms with Crippen LogP contribution in [0.15, 0.2) is 0 Å². The van der Waals surface area contributed by atoms with Crippen LogP contribution in [0, 0.1) is 21.7 Å². The third-order valence-electron chi connectivity index (χ3n) is 10.2. The van der Waals surface area contributed by atoms with E-state index in [1.807, 2.05) is 0 Å². The van der Waals surface area contributed by atoms with E-state index in [1.54, 1.807) is 0 Å². The molecule has 0 fully saturated rings. The van der Waals surface area contributed by atoms with Gasteiger partial charge >= 0.3 is 15.6 Å². The Morgan fingerprint density at radius 2 is 0.654 bits per heavy atom. The first-order valence-corrected chi connectivity index (χ1v) is 23.6. The van der Waals surface area contributed by atoms with E-state index in [2.05, 4.69) is 78.3 Å². The quantitative estimate of drug-likeness (QED) is 0.0366. The molecule has 12 heteroatoms. The maximum atomic E-state index is 10.6. The highest BCUT2D eigenvalue weighted by Crippen LogP contribution is 2.38. The molecule has 0 saturated heterocycles. The summed E-state index contributed by atoms with van der Waals surface area (Å²) in [7, 11) is -8.63. The molecule has 0 atom stereocenters. The summed E-state index contributed by atoms with van der Waals surface area (Å²) in [4.78, 5) is 34.6. The van der Waals surface area contributed by atoms with E-state index in [9.17, 15) is 9.13 Å². The molecule has 0 aliphatic carbocycles. The fourth-order valence-electron chi connectivity index (χ4n) is 6.29. The number of phosphoric acid groups is 2. The van der Waals surface area contributed by atoms with E-state index in [0.29, 0.717) is 23.7 Å². The molecule has 0 aromatic carbocycles. The molecule has 316 valence electrons. The Morgan fingerprint density at radius 1 is 0.385 bits per heavy atom. The van der Waals surface area contributed by atoms with Crippen LogP contribution in [0.25, 0.3) is 0 Å². The molecule has 0 spiro atoms. The second-order valence-corrected chi connectivity index (χ2v) is 20.5. The minimum atomic E-state index is -4.32. The number of hydrogen-bond acceptors (Lipinski definition) is 6. The van der Waals surface area contributed by atoms with Crippen molar-refractivity contribution >= 4 is 15.6 Å². The van der Waals surface area contributed by atoms with Gasteiger partial charge in [0.05, 0.1) is 13.2 Å². The lowest BCUT2D eigenvalue weighted by atomic mass is 9.82. The lowest BCUT2D eigenvalue weighted by Crippen LogP contribution is -2.13. The Labute approximate surface area is 321 Å². The fourth-order valence-corrected chi connectivity index (χ4v) is 7.02. The van der Waals surface area contributed by atoms with Gasteiger partial charge in [0.25, 0.3) is 0 Å². The van der Waals surface area contributed by atoms with Gasteiger partial charge in [-0.2, -0.15) is 0 Å². The lowest BCUT2D eigenvalue weighted by Gasteiger charge is -2.24. The summed E-state index contributed by atoms with van der Waals surface area (Å²) in [6.45, 7) is 26.5. The van der Waals surface area contributed by atoms with E-state index in [4.69, 9.17) is 29.0 Å².